The van der Waals surface area contributed by atoms with Crippen LogP contribution in [0.25, 0.3) is 0 Å². The maximum atomic E-state index is 10.1. The Morgan fingerprint density at radius 3 is 1.82 bits per heavy atom. The second-order valence-corrected chi connectivity index (χ2v) is 15.5. The van der Waals surface area contributed by atoms with Crippen molar-refractivity contribution in [1.82, 2.24) is 0 Å². The lowest BCUT2D eigenvalue weighted by Gasteiger charge is -2.50. The fourth-order valence-electron chi connectivity index (χ4n) is 4.39. The first kappa shape index (κ1) is 27.8. The molecule has 2 aromatic carbocycles. The average molecular weight is 489 g/mol. The Bertz CT molecular complexity index is 868. The minimum atomic E-state index is -0.989. The zero-order valence-electron chi connectivity index (χ0n) is 21.5. The number of rotatable bonds is 14. The molecule has 0 aliphatic carbocycles. The maximum absolute atomic E-state index is 10.1. The first-order valence-corrected chi connectivity index (χ1v) is 16.1. The van der Waals surface area contributed by atoms with E-state index in [0.29, 0.717) is 21.3 Å². The number of aromatic hydroxyl groups is 2. The number of phenolic OH excluding ortho intramolecular Hbond substituents is 2. The molecule has 33 heavy (non-hydrogen) atoms. The van der Waals surface area contributed by atoms with Crippen LogP contribution in [0.2, 0.25) is 6.55 Å². The molecule has 0 heterocycles. The third kappa shape index (κ3) is 8.38. The van der Waals surface area contributed by atoms with E-state index in [1.807, 2.05) is 36.4 Å². The highest BCUT2D eigenvalue weighted by molar-refractivity contribution is 8.33. The van der Waals surface area contributed by atoms with Gasteiger partial charge in [0, 0.05) is 0 Å². The molecule has 1 unspecified atom stereocenters. The molecule has 0 fully saturated rings. The molecule has 0 spiro atoms. The Labute approximate surface area is 206 Å². The van der Waals surface area contributed by atoms with Crippen molar-refractivity contribution in [2.75, 3.05) is 18.3 Å². The summed E-state index contributed by atoms with van der Waals surface area (Å²) in [5.41, 5.74) is 2.32. The third-order valence-electron chi connectivity index (χ3n) is 7.13. The fourth-order valence-corrected chi connectivity index (χ4v) is 8.03. The highest BCUT2D eigenvalue weighted by atomic mass is 32.3. The van der Waals surface area contributed by atoms with Crippen molar-refractivity contribution in [2.45, 2.75) is 77.2 Å². The molecule has 0 amide bonds. The molecular weight excluding hydrogens is 444 g/mol. The molecule has 5 heteroatoms. The van der Waals surface area contributed by atoms with Gasteiger partial charge in [-0.15, -0.1) is 0 Å². The molecule has 3 nitrogen and oxygen atoms in total. The standard InChI is InChI=1S/C28H44O3SSi/c1-27(2,19-11-15-23-13-7-9-17-25(23)29)20-21-28(3,31-33-6)32(4,5)22-12-16-24-14-8-10-18-26(24)30/h7-10,13-14,17-18,29-30H,11-12,15-16,19-22H2,1-6H3. The largest absolute Gasteiger partial charge is 0.508 e. The summed E-state index contributed by atoms with van der Waals surface area (Å²) in [6.07, 6.45) is 12.1. The van der Waals surface area contributed by atoms with Crippen LogP contribution < -0.4 is 0 Å². The van der Waals surface area contributed by atoms with Gasteiger partial charge in [0.15, 0.2) is 0 Å². The summed E-state index contributed by atoms with van der Waals surface area (Å²) < 4.78 is 6.49. The average Bonchev–Trinajstić information content (AvgIpc) is 2.75. The van der Waals surface area contributed by atoms with Crippen LogP contribution >= 0.6 is 10.0 Å². The van der Waals surface area contributed by atoms with E-state index in [9.17, 15) is 10.2 Å². The van der Waals surface area contributed by atoms with Crippen LogP contribution in [0.15, 0.2) is 48.5 Å². The van der Waals surface area contributed by atoms with E-state index in [-0.39, 0.29) is 10.3 Å². The lowest BCUT2D eigenvalue weighted by atomic mass is 9.81. The van der Waals surface area contributed by atoms with E-state index in [0.717, 1.165) is 61.8 Å². The van der Waals surface area contributed by atoms with Crippen LogP contribution in [0.4, 0.5) is 0 Å². The summed E-state index contributed by atoms with van der Waals surface area (Å²) in [4.78, 5) is -0.103. The van der Waals surface area contributed by atoms with E-state index in [2.05, 4.69) is 39.8 Å². The number of aryl methyl sites for hydroxylation is 2. The van der Waals surface area contributed by atoms with Gasteiger partial charge in [-0.1, -0.05) is 50.2 Å². The molecule has 0 aliphatic rings. The molecule has 0 aliphatic heterocycles. The minimum Gasteiger partial charge on any atom is -0.508 e. The minimum absolute atomic E-state index is 0.103. The van der Waals surface area contributed by atoms with Gasteiger partial charge in [0.1, 0.15) is 11.5 Å². The molecule has 1 atom stereocenters. The normalized spacial score (nSPS) is 14.7. The van der Waals surface area contributed by atoms with Gasteiger partial charge in [0.2, 0.25) is 9.76 Å². The van der Waals surface area contributed by atoms with Gasteiger partial charge in [-0.2, -0.15) is 0 Å². The zero-order valence-corrected chi connectivity index (χ0v) is 23.3. The predicted octanol–water partition coefficient (Wildman–Crippen LogP) is 7.32. The quantitative estimate of drug-likeness (QED) is 0.274. The highest BCUT2D eigenvalue weighted by Gasteiger charge is 2.38. The summed E-state index contributed by atoms with van der Waals surface area (Å²) in [5.74, 6) is 1.95. The third-order valence-corrected chi connectivity index (χ3v) is 11.9. The van der Waals surface area contributed by atoms with E-state index in [4.69, 9.17) is 4.43 Å². The van der Waals surface area contributed by atoms with Gasteiger partial charge < -0.3 is 14.6 Å². The van der Waals surface area contributed by atoms with Crippen LogP contribution in [0.5, 0.6) is 11.5 Å². The Morgan fingerprint density at radius 1 is 0.788 bits per heavy atom. The van der Waals surface area contributed by atoms with Crippen molar-refractivity contribution in [3.63, 3.8) is 0 Å². The number of phenols is 2. The lowest BCUT2D eigenvalue weighted by molar-refractivity contribution is 0.150. The maximum Gasteiger partial charge on any atom is 0.228 e. The second-order valence-electron chi connectivity index (χ2n) is 10.6. The summed E-state index contributed by atoms with van der Waals surface area (Å²) >= 11 is 0. The number of para-hydroxylation sites is 2. The van der Waals surface area contributed by atoms with E-state index >= 15 is 0 Å². The molecule has 0 saturated carbocycles. The van der Waals surface area contributed by atoms with Gasteiger partial charge >= 0.3 is 0 Å². The molecule has 184 valence electrons. The van der Waals surface area contributed by atoms with Crippen LogP contribution in [-0.2, 0) is 17.3 Å². The van der Waals surface area contributed by atoms with Crippen molar-refractivity contribution in [1.29, 1.82) is 0 Å². The smallest absolute Gasteiger partial charge is 0.228 e. The summed E-state index contributed by atoms with van der Waals surface area (Å²) in [7, 11) is -0.503. The van der Waals surface area contributed by atoms with E-state index in [1.165, 1.54) is 0 Å². The van der Waals surface area contributed by atoms with Gasteiger partial charge in [-0.05, 0) is 105 Å². The first-order chi connectivity index (χ1) is 15.5. The van der Waals surface area contributed by atoms with Crippen LogP contribution in [0.3, 0.4) is 0 Å². The fraction of sp³-hybridized carbons (Fsp3) is 0.571. The monoisotopic (exact) mass is 488 g/mol. The Kier molecular flexibility index (Phi) is 10.4. The second kappa shape index (κ2) is 12.3. The Hall–Kier alpha value is -1.43. The SMILES string of the molecule is C[Si]OC(C)(CCC(C)(C)CCCc1ccccc1O)S(C)(C)CCCc1ccccc1O. The molecule has 0 bridgehead atoms. The Morgan fingerprint density at radius 2 is 1.30 bits per heavy atom. The first-order valence-electron chi connectivity index (χ1n) is 12.1. The lowest BCUT2D eigenvalue weighted by Crippen LogP contribution is -2.38. The van der Waals surface area contributed by atoms with Crippen molar-refractivity contribution in [3.05, 3.63) is 59.7 Å². The van der Waals surface area contributed by atoms with Crippen molar-refractivity contribution < 1.29 is 14.6 Å². The molecule has 2 radical (unpaired) electrons. The summed E-state index contributed by atoms with van der Waals surface area (Å²) in [6.45, 7) is 9.20. The summed E-state index contributed by atoms with van der Waals surface area (Å²) in [6, 6.07) is 15.4. The van der Waals surface area contributed by atoms with Gasteiger partial charge in [-0.25, -0.2) is 10.0 Å². The number of hydrogen-bond acceptors (Lipinski definition) is 3. The van der Waals surface area contributed by atoms with Gasteiger partial charge in [0.25, 0.3) is 0 Å². The van der Waals surface area contributed by atoms with Crippen LogP contribution in [0.1, 0.15) is 64.0 Å². The molecule has 2 aromatic rings. The summed E-state index contributed by atoms with van der Waals surface area (Å²) in [5, 5.41) is 20.1. The predicted molar refractivity (Wildman–Crippen MR) is 146 cm³/mol. The topological polar surface area (TPSA) is 49.7 Å². The molecular formula is C28H44O3SSi. The molecule has 0 aromatic heterocycles. The molecule has 0 saturated heterocycles. The Balaban J connectivity index is 1.92. The van der Waals surface area contributed by atoms with E-state index < -0.39 is 10.0 Å². The number of hydrogen-bond donors (Lipinski definition) is 2. The van der Waals surface area contributed by atoms with Crippen LogP contribution in [-0.4, -0.2) is 43.2 Å². The van der Waals surface area contributed by atoms with Crippen molar-refractivity contribution in [3.8, 4) is 11.5 Å². The number of benzene rings is 2. The molecule has 2 rings (SSSR count). The van der Waals surface area contributed by atoms with Gasteiger partial charge in [-0.3, -0.25) is 0 Å². The van der Waals surface area contributed by atoms with Crippen LogP contribution in [0, 0.1) is 5.41 Å². The highest BCUT2D eigenvalue weighted by Crippen LogP contribution is 2.57. The van der Waals surface area contributed by atoms with Crippen molar-refractivity contribution >= 4 is 19.8 Å². The molecule has 2 N–H and O–H groups in total. The van der Waals surface area contributed by atoms with Crippen molar-refractivity contribution in [2.24, 2.45) is 5.41 Å². The van der Waals surface area contributed by atoms with Gasteiger partial charge in [0.05, 0.1) is 4.93 Å². The van der Waals surface area contributed by atoms with E-state index in [1.54, 1.807) is 12.1 Å². The zero-order chi connectivity index (χ0) is 24.5.